The van der Waals surface area contributed by atoms with E-state index in [9.17, 15) is 10.0 Å². The third kappa shape index (κ3) is 2.62. The number of likely N-dealkylation sites (N-methyl/N-ethyl adjacent to an activating group) is 2. The number of aromatic nitrogens is 4. The van der Waals surface area contributed by atoms with Crippen LogP contribution in [-0.4, -0.2) is 66.5 Å². The van der Waals surface area contributed by atoms with Crippen LogP contribution in [0, 0.1) is 5.21 Å². The maximum absolute atomic E-state index is 12.1. The van der Waals surface area contributed by atoms with Crippen molar-refractivity contribution in [1.29, 1.82) is 0 Å². The first-order chi connectivity index (χ1) is 8.40. The minimum Gasteiger partial charge on any atom is -0.688 e. The molecule has 1 amide bonds. The molecular formula is C9H16N6O3. The van der Waals surface area contributed by atoms with Crippen molar-refractivity contribution < 1.29 is 14.4 Å². The average molecular weight is 256 g/mol. The lowest BCUT2D eigenvalue weighted by Crippen LogP contribution is -2.42. The van der Waals surface area contributed by atoms with Crippen LogP contribution in [-0.2, 0) is 4.79 Å². The van der Waals surface area contributed by atoms with Gasteiger partial charge in [0.15, 0.2) is 5.21 Å². The highest BCUT2D eigenvalue weighted by molar-refractivity contribution is 5.82. The van der Waals surface area contributed by atoms with Gasteiger partial charge < -0.3 is 14.8 Å². The molecule has 1 heterocycles. The molecule has 18 heavy (non-hydrogen) atoms. The molecule has 1 unspecified atom stereocenters. The number of hydrogen-bond acceptors (Lipinski definition) is 7. The van der Waals surface area contributed by atoms with Crippen LogP contribution in [0.5, 0.6) is 5.88 Å². The fourth-order valence-corrected chi connectivity index (χ4v) is 1.47. The molecule has 1 aromatic heterocycles. The maximum Gasteiger partial charge on any atom is 0.337 e. The van der Waals surface area contributed by atoms with E-state index in [2.05, 4.69) is 15.5 Å². The summed E-state index contributed by atoms with van der Waals surface area (Å²) in [7, 11) is 7.94. The Morgan fingerprint density at radius 2 is 2.00 bits per heavy atom. The molecule has 0 aromatic carbocycles. The summed E-state index contributed by atoms with van der Waals surface area (Å²) in [6.45, 7) is 0. The first kappa shape index (κ1) is 14.0. The molecule has 100 valence electrons. The molecule has 9 nitrogen and oxygen atoms in total. The van der Waals surface area contributed by atoms with Crippen LogP contribution in [0.25, 0.3) is 0 Å². The Labute approximate surface area is 105 Å². The van der Waals surface area contributed by atoms with E-state index in [0.717, 1.165) is 0 Å². The Kier molecular flexibility index (Phi) is 4.32. The van der Waals surface area contributed by atoms with E-state index in [1.807, 2.05) is 0 Å². The summed E-state index contributed by atoms with van der Waals surface area (Å²) in [5, 5.41) is 21.7. The molecule has 1 aromatic rings. The normalized spacial score (nSPS) is 12.3. The molecule has 0 radical (unpaired) electrons. The highest BCUT2D eigenvalue weighted by Gasteiger charge is 2.33. The molecule has 0 spiro atoms. The summed E-state index contributed by atoms with van der Waals surface area (Å²) in [4.78, 5) is 15.3. The number of hydrogen-bond donors (Lipinski definition) is 0. The predicted octanol–water partition coefficient (Wildman–Crippen LogP) is -1.80. The summed E-state index contributed by atoms with van der Waals surface area (Å²) < 4.78 is 4.93. The van der Waals surface area contributed by atoms with E-state index < -0.39 is 6.04 Å². The quantitative estimate of drug-likeness (QED) is 0.463. The Balaban J connectivity index is 3.30. The first-order valence-corrected chi connectivity index (χ1v) is 5.14. The molecule has 0 N–H and O–H groups in total. The number of methoxy groups -OCH3 is 1. The summed E-state index contributed by atoms with van der Waals surface area (Å²) >= 11 is 0. The van der Waals surface area contributed by atoms with Crippen molar-refractivity contribution >= 4 is 5.91 Å². The van der Waals surface area contributed by atoms with E-state index in [4.69, 9.17) is 4.74 Å². The van der Waals surface area contributed by atoms with Gasteiger partial charge in [0.05, 0.1) is 7.11 Å². The van der Waals surface area contributed by atoms with Gasteiger partial charge in [-0.15, -0.1) is 0 Å². The molecule has 1 atom stereocenters. The number of carbonyl (C=O) groups excluding carboxylic acids is 1. The zero-order chi connectivity index (χ0) is 13.9. The minimum atomic E-state index is -0.759. The first-order valence-electron chi connectivity index (χ1n) is 5.14. The number of ether oxygens (including phenoxy) is 1. The van der Waals surface area contributed by atoms with Crippen molar-refractivity contribution in [2.75, 3.05) is 35.3 Å². The van der Waals surface area contributed by atoms with Crippen LogP contribution in [0.2, 0.25) is 0 Å². The molecule has 0 aliphatic carbocycles. The lowest BCUT2D eigenvalue weighted by atomic mass is 10.1. The van der Waals surface area contributed by atoms with Gasteiger partial charge in [0, 0.05) is 14.1 Å². The van der Waals surface area contributed by atoms with Crippen molar-refractivity contribution in [3.8, 4) is 5.88 Å². The van der Waals surface area contributed by atoms with Crippen LogP contribution in [0.15, 0.2) is 0 Å². The summed E-state index contributed by atoms with van der Waals surface area (Å²) in [6, 6.07) is -0.759. The summed E-state index contributed by atoms with van der Waals surface area (Å²) in [5.41, 5.74) is 0.131. The Morgan fingerprint density at radius 1 is 1.39 bits per heavy atom. The van der Waals surface area contributed by atoms with E-state index in [-0.39, 0.29) is 22.3 Å². The van der Waals surface area contributed by atoms with Crippen LogP contribution in [0.3, 0.4) is 0 Å². The minimum absolute atomic E-state index is 0.131. The zero-order valence-electron chi connectivity index (χ0n) is 11.0. The largest absolute Gasteiger partial charge is 0.688 e. The van der Waals surface area contributed by atoms with Crippen LogP contribution >= 0.6 is 0 Å². The topological polar surface area (TPSA) is 98.4 Å². The lowest BCUT2D eigenvalue weighted by Gasteiger charge is -2.24. The van der Waals surface area contributed by atoms with Crippen molar-refractivity contribution in [3.63, 3.8) is 0 Å². The average Bonchev–Trinajstić information content (AvgIpc) is 2.28. The Hall–Kier alpha value is -2.03. The highest BCUT2D eigenvalue weighted by atomic mass is 16.6. The van der Waals surface area contributed by atoms with Gasteiger partial charge in [0.1, 0.15) is 6.04 Å². The second kappa shape index (κ2) is 5.54. The second-order valence-electron chi connectivity index (χ2n) is 4.05. The SMILES string of the molecule is COc1c(C(C(=O)N(C)C)N(C)C)nnn[n+]1[O-]. The summed E-state index contributed by atoms with van der Waals surface area (Å²) in [6.07, 6.45) is 0. The van der Waals surface area contributed by atoms with Crippen LogP contribution in [0.1, 0.15) is 11.7 Å². The van der Waals surface area contributed by atoms with Gasteiger partial charge in [0.2, 0.25) is 16.8 Å². The van der Waals surface area contributed by atoms with Gasteiger partial charge in [0.25, 0.3) is 0 Å². The number of carbonyl (C=O) groups is 1. The van der Waals surface area contributed by atoms with Crippen molar-refractivity contribution in [1.82, 2.24) is 25.3 Å². The summed E-state index contributed by atoms with van der Waals surface area (Å²) in [5.74, 6) is -0.377. The van der Waals surface area contributed by atoms with E-state index >= 15 is 0 Å². The molecule has 0 fully saturated rings. The highest BCUT2D eigenvalue weighted by Crippen LogP contribution is 2.23. The molecule has 0 saturated heterocycles. The van der Waals surface area contributed by atoms with Crippen molar-refractivity contribution in [2.45, 2.75) is 6.04 Å². The van der Waals surface area contributed by atoms with Crippen molar-refractivity contribution in [3.05, 3.63) is 10.9 Å². The molecule has 0 bridgehead atoms. The standard InChI is InChI=1S/C9H16N6O3/c1-13(2)7(8(16)14(3)4)6-9(18-5)15(17)12-11-10-6/h7H,1-5H3. The maximum atomic E-state index is 12.1. The Bertz CT molecular complexity index is 436. The predicted molar refractivity (Wildman–Crippen MR) is 60.5 cm³/mol. The molecule has 0 aliphatic rings. The van der Waals surface area contributed by atoms with Gasteiger partial charge in [-0.3, -0.25) is 9.69 Å². The van der Waals surface area contributed by atoms with Gasteiger partial charge in [-0.2, -0.15) is 0 Å². The van der Waals surface area contributed by atoms with Gasteiger partial charge >= 0.3 is 5.88 Å². The van der Waals surface area contributed by atoms with Gasteiger partial charge in [-0.05, 0) is 19.2 Å². The van der Waals surface area contributed by atoms with E-state index in [1.165, 1.54) is 12.0 Å². The van der Waals surface area contributed by atoms with Gasteiger partial charge in [-0.25, -0.2) is 0 Å². The molecule has 9 heteroatoms. The number of rotatable bonds is 4. The van der Waals surface area contributed by atoms with Gasteiger partial charge in [-0.1, -0.05) is 4.85 Å². The second-order valence-corrected chi connectivity index (χ2v) is 4.05. The van der Waals surface area contributed by atoms with E-state index in [1.54, 1.807) is 33.1 Å². The number of nitrogens with zero attached hydrogens (tertiary/aromatic N) is 6. The molecule has 0 aliphatic heterocycles. The lowest BCUT2D eigenvalue weighted by molar-refractivity contribution is -0.682. The third-order valence-corrected chi connectivity index (χ3v) is 2.31. The monoisotopic (exact) mass is 256 g/mol. The molecule has 0 saturated carbocycles. The van der Waals surface area contributed by atoms with E-state index in [0.29, 0.717) is 0 Å². The fraction of sp³-hybridized carbons (Fsp3) is 0.667. The Morgan fingerprint density at radius 3 is 2.44 bits per heavy atom. The van der Waals surface area contributed by atoms with Crippen LogP contribution < -0.4 is 9.58 Å². The fourth-order valence-electron chi connectivity index (χ4n) is 1.47. The number of amides is 1. The third-order valence-electron chi connectivity index (χ3n) is 2.31. The smallest absolute Gasteiger partial charge is 0.337 e. The molecule has 1 rings (SSSR count). The van der Waals surface area contributed by atoms with Crippen LogP contribution in [0.4, 0.5) is 0 Å². The van der Waals surface area contributed by atoms with Crippen molar-refractivity contribution in [2.24, 2.45) is 0 Å². The zero-order valence-corrected chi connectivity index (χ0v) is 11.0. The molecular weight excluding hydrogens is 240 g/mol.